The van der Waals surface area contributed by atoms with Crippen LogP contribution in [0.5, 0.6) is 0 Å². The van der Waals surface area contributed by atoms with Crippen LogP contribution in [0.3, 0.4) is 0 Å². The molecule has 0 fully saturated rings. The lowest BCUT2D eigenvalue weighted by Crippen LogP contribution is -2.26. The van der Waals surface area contributed by atoms with Gasteiger partial charge in [0.1, 0.15) is 0 Å². The Morgan fingerprint density at radius 2 is 2.00 bits per heavy atom. The summed E-state index contributed by atoms with van der Waals surface area (Å²) in [6.07, 6.45) is 0. The van der Waals surface area contributed by atoms with Crippen LogP contribution in [-0.4, -0.2) is 31.9 Å². The summed E-state index contributed by atoms with van der Waals surface area (Å²) in [5.41, 5.74) is 0. The van der Waals surface area contributed by atoms with Crippen LogP contribution in [0.2, 0.25) is 0 Å². The van der Waals surface area contributed by atoms with E-state index in [2.05, 4.69) is 15.3 Å². The zero-order valence-electron chi connectivity index (χ0n) is 7.80. The monoisotopic (exact) mass is 170 g/mol. The second-order valence-electron chi connectivity index (χ2n) is 2.13. The first kappa shape index (κ1) is 10.6. The Hall–Kier alpha value is -1.39. The molecule has 0 spiro atoms. The number of ether oxygens (including phenoxy) is 1. The Bertz CT molecular complexity index is 219. The first-order valence-electron chi connectivity index (χ1n) is 3.48. The van der Waals surface area contributed by atoms with Crippen molar-refractivity contribution in [3.05, 3.63) is 0 Å². The van der Waals surface area contributed by atoms with E-state index in [1.807, 2.05) is 0 Å². The van der Waals surface area contributed by atoms with E-state index in [4.69, 9.17) is 10.1 Å². The van der Waals surface area contributed by atoms with E-state index in [0.29, 0.717) is 17.7 Å². The summed E-state index contributed by atoms with van der Waals surface area (Å²) in [7, 11) is 3.13. The van der Waals surface area contributed by atoms with Crippen LogP contribution >= 0.6 is 0 Å². The molecule has 0 bridgehead atoms. The Labute approximate surface area is 72.1 Å². The van der Waals surface area contributed by atoms with Crippen molar-refractivity contribution in [1.29, 1.82) is 5.41 Å². The predicted molar refractivity (Wildman–Crippen MR) is 50.0 cm³/mol. The Morgan fingerprint density at radius 3 is 2.33 bits per heavy atom. The number of guanidine groups is 1. The van der Waals surface area contributed by atoms with E-state index in [0.717, 1.165) is 0 Å². The highest BCUT2D eigenvalue weighted by molar-refractivity contribution is 6.01. The van der Waals surface area contributed by atoms with Crippen LogP contribution < -0.4 is 5.32 Å². The van der Waals surface area contributed by atoms with Crippen LogP contribution in [-0.2, 0) is 4.74 Å². The zero-order valence-corrected chi connectivity index (χ0v) is 7.80. The number of aliphatic imine (C=N–C) groups is 2. The van der Waals surface area contributed by atoms with Crippen molar-refractivity contribution in [1.82, 2.24) is 5.32 Å². The normalized spacial score (nSPS) is 12.7. The number of rotatable bonds is 0. The minimum absolute atomic E-state index is 0.295. The third-order valence-electron chi connectivity index (χ3n) is 1.07. The van der Waals surface area contributed by atoms with Crippen LogP contribution in [0.1, 0.15) is 13.8 Å². The molecule has 0 heterocycles. The number of nitrogens with one attached hydrogen (secondary N) is 2. The van der Waals surface area contributed by atoms with Gasteiger partial charge in [0.15, 0.2) is 5.90 Å². The molecule has 0 aromatic heterocycles. The molecule has 0 aromatic rings. The minimum atomic E-state index is 0.295. The van der Waals surface area contributed by atoms with Gasteiger partial charge in [0, 0.05) is 14.0 Å². The van der Waals surface area contributed by atoms with Crippen LogP contribution in [0.25, 0.3) is 0 Å². The standard InChI is InChI=1S/C7H14N4O/c1-5(8)10-7(9-3)11-6(2)12-4/h1-4H3,(H2,8,9,10). The summed E-state index contributed by atoms with van der Waals surface area (Å²) < 4.78 is 4.82. The lowest BCUT2D eigenvalue weighted by atomic mass is 10.6. The first-order chi connectivity index (χ1) is 5.60. The molecule has 12 heavy (non-hydrogen) atoms. The van der Waals surface area contributed by atoms with Crippen LogP contribution in [0.15, 0.2) is 9.98 Å². The summed E-state index contributed by atoms with van der Waals surface area (Å²) in [6.45, 7) is 3.33. The minimum Gasteiger partial charge on any atom is -0.484 e. The highest BCUT2D eigenvalue weighted by Gasteiger charge is 1.96. The topological polar surface area (TPSA) is 69.8 Å². The second kappa shape index (κ2) is 5.29. The lowest BCUT2D eigenvalue weighted by Gasteiger charge is -2.02. The Morgan fingerprint density at radius 1 is 1.42 bits per heavy atom. The molecule has 0 radical (unpaired) electrons. The Balaban J connectivity index is 4.29. The number of hydrogen-bond acceptors (Lipinski definition) is 3. The van der Waals surface area contributed by atoms with Gasteiger partial charge in [-0.05, 0) is 6.92 Å². The molecule has 0 aromatic carbocycles. The smallest absolute Gasteiger partial charge is 0.226 e. The SMILES string of the molecule is CN=C(N=C(C)OC)NC(C)=N. The van der Waals surface area contributed by atoms with E-state index in [9.17, 15) is 0 Å². The average Bonchev–Trinajstić information content (AvgIpc) is 2.02. The molecule has 5 heteroatoms. The summed E-state index contributed by atoms with van der Waals surface area (Å²) in [6, 6.07) is 0. The van der Waals surface area contributed by atoms with Crippen molar-refractivity contribution in [2.45, 2.75) is 13.8 Å². The van der Waals surface area contributed by atoms with Crippen molar-refractivity contribution in [2.75, 3.05) is 14.2 Å². The Kier molecular flexibility index (Phi) is 4.67. The molecule has 2 N–H and O–H groups in total. The molecule has 0 aliphatic rings. The average molecular weight is 170 g/mol. The molecular weight excluding hydrogens is 156 g/mol. The van der Waals surface area contributed by atoms with Gasteiger partial charge < -0.3 is 10.1 Å². The van der Waals surface area contributed by atoms with Gasteiger partial charge >= 0.3 is 0 Å². The van der Waals surface area contributed by atoms with E-state index >= 15 is 0 Å². The van der Waals surface area contributed by atoms with Gasteiger partial charge in [0.25, 0.3) is 0 Å². The van der Waals surface area contributed by atoms with Gasteiger partial charge in [0.2, 0.25) is 5.96 Å². The molecule has 5 nitrogen and oxygen atoms in total. The molecule has 0 aliphatic carbocycles. The van der Waals surface area contributed by atoms with Crippen molar-refractivity contribution in [3.63, 3.8) is 0 Å². The van der Waals surface area contributed by atoms with Gasteiger partial charge in [-0.2, -0.15) is 4.99 Å². The summed E-state index contributed by atoms with van der Waals surface area (Å²) >= 11 is 0. The van der Waals surface area contributed by atoms with Crippen molar-refractivity contribution < 1.29 is 4.74 Å². The van der Waals surface area contributed by atoms with E-state index in [1.54, 1.807) is 20.9 Å². The molecule has 0 atom stereocenters. The second-order valence-corrected chi connectivity index (χ2v) is 2.13. The fraction of sp³-hybridized carbons (Fsp3) is 0.571. The predicted octanol–water partition coefficient (Wildman–Crippen LogP) is 0.624. The third kappa shape index (κ3) is 4.43. The molecule has 0 unspecified atom stereocenters. The summed E-state index contributed by atoms with van der Waals surface area (Å²) in [4.78, 5) is 7.76. The molecule has 0 saturated carbocycles. The van der Waals surface area contributed by atoms with Crippen LogP contribution in [0, 0.1) is 5.41 Å². The van der Waals surface area contributed by atoms with Gasteiger partial charge in [-0.25, -0.2) is 0 Å². The maximum absolute atomic E-state index is 7.13. The largest absolute Gasteiger partial charge is 0.484 e. The van der Waals surface area contributed by atoms with Gasteiger partial charge in [-0.3, -0.25) is 10.4 Å². The molecule has 0 rings (SSSR count). The quantitative estimate of drug-likeness (QED) is 0.413. The maximum atomic E-state index is 7.13. The first-order valence-corrected chi connectivity index (χ1v) is 3.48. The molecule has 68 valence electrons. The number of methoxy groups -OCH3 is 1. The summed E-state index contributed by atoms with van der Waals surface area (Å²) in [5, 5.41) is 9.79. The fourth-order valence-corrected chi connectivity index (χ4v) is 0.496. The molecule has 0 amide bonds. The highest BCUT2D eigenvalue weighted by atomic mass is 16.5. The summed E-state index contributed by atoms with van der Waals surface area (Å²) in [5.74, 6) is 1.18. The zero-order chi connectivity index (χ0) is 9.56. The van der Waals surface area contributed by atoms with E-state index in [-0.39, 0.29) is 0 Å². The van der Waals surface area contributed by atoms with E-state index in [1.165, 1.54) is 7.11 Å². The van der Waals surface area contributed by atoms with Crippen LogP contribution in [0.4, 0.5) is 0 Å². The van der Waals surface area contributed by atoms with E-state index < -0.39 is 0 Å². The van der Waals surface area contributed by atoms with Crippen molar-refractivity contribution >= 4 is 17.7 Å². The molecule has 0 aliphatic heterocycles. The highest BCUT2D eigenvalue weighted by Crippen LogP contribution is 1.81. The van der Waals surface area contributed by atoms with Crippen molar-refractivity contribution in [3.8, 4) is 0 Å². The fourth-order valence-electron chi connectivity index (χ4n) is 0.496. The van der Waals surface area contributed by atoms with Gasteiger partial charge in [0.05, 0.1) is 12.9 Å². The maximum Gasteiger partial charge on any atom is 0.226 e. The third-order valence-corrected chi connectivity index (χ3v) is 1.07. The number of amidine groups is 1. The lowest BCUT2D eigenvalue weighted by molar-refractivity contribution is 0.400. The number of nitrogens with zero attached hydrogens (tertiary/aromatic N) is 2. The molecule has 0 saturated heterocycles. The number of hydrogen-bond donors (Lipinski definition) is 2. The van der Waals surface area contributed by atoms with Crippen molar-refractivity contribution in [2.24, 2.45) is 9.98 Å². The van der Waals surface area contributed by atoms with Gasteiger partial charge in [-0.1, -0.05) is 0 Å². The molecular formula is C7H14N4O. The van der Waals surface area contributed by atoms with Gasteiger partial charge in [-0.15, -0.1) is 0 Å².